The summed E-state index contributed by atoms with van der Waals surface area (Å²) >= 11 is 0. The molecule has 1 aromatic rings. The third-order valence-corrected chi connectivity index (χ3v) is 3.62. The molecule has 0 unspecified atom stereocenters. The van der Waals surface area contributed by atoms with Gasteiger partial charge in [0.05, 0.1) is 0 Å². The van der Waals surface area contributed by atoms with Crippen LogP contribution in [0.2, 0.25) is 0 Å². The van der Waals surface area contributed by atoms with Crippen molar-refractivity contribution in [3.8, 4) is 0 Å². The molecule has 2 rings (SSSR count). The summed E-state index contributed by atoms with van der Waals surface area (Å²) in [5.74, 6) is -0.0995. The average molecular weight is 249 g/mol. The Balaban J connectivity index is 2.14. The first kappa shape index (κ1) is 12.8. The van der Waals surface area contributed by atoms with Gasteiger partial charge in [0, 0.05) is 26.2 Å². The summed E-state index contributed by atoms with van der Waals surface area (Å²) in [6.07, 6.45) is 5.75. The van der Waals surface area contributed by atoms with Crippen LogP contribution in [-0.4, -0.2) is 33.7 Å². The van der Waals surface area contributed by atoms with Crippen molar-refractivity contribution in [3.05, 3.63) is 28.2 Å². The molecule has 1 heterocycles. The Morgan fingerprint density at radius 2 is 2.00 bits per heavy atom. The van der Waals surface area contributed by atoms with E-state index in [1.165, 1.54) is 36.1 Å². The van der Waals surface area contributed by atoms with Crippen LogP contribution in [0.4, 0.5) is 0 Å². The zero-order chi connectivity index (χ0) is 13.1. The topological polar surface area (TPSA) is 55.2 Å². The van der Waals surface area contributed by atoms with Crippen molar-refractivity contribution in [2.45, 2.75) is 38.1 Å². The number of carbonyl (C=O) groups is 1. The molecule has 0 bridgehead atoms. The number of carbonyl (C=O) groups excluding carboxylic acids is 1. The van der Waals surface area contributed by atoms with Crippen LogP contribution in [0, 0.1) is 0 Å². The van der Waals surface area contributed by atoms with Crippen molar-refractivity contribution in [2.24, 2.45) is 7.05 Å². The molecule has 0 atom stereocenters. The number of amides is 1. The second kappa shape index (κ2) is 5.33. The van der Waals surface area contributed by atoms with Crippen molar-refractivity contribution in [1.82, 2.24) is 14.7 Å². The van der Waals surface area contributed by atoms with Crippen LogP contribution in [0.15, 0.2) is 16.9 Å². The smallest absolute Gasteiger partial charge is 0.274 e. The van der Waals surface area contributed by atoms with Crippen molar-refractivity contribution in [1.29, 1.82) is 0 Å². The highest BCUT2D eigenvalue weighted by molar-refractivity contribution is 5.92. The Morgan fingerprint density at radius 1 is 1.33 bits per heavy atom. The van der Waals surface area contributed by atoms with Gasteiger partial charge in [0.25, 0.3) is 11.5 Å². The zero-order valence-electron chi connectivity index (χ0n) is 10.9. The Hall–Kier alpha value is -1.65. The molecule has 0 N–H and O–H groups in total. The largest absolute Gasteiger partial charge is 0.337 e. The number of aromatic nitrogens is 2. The van der Waals surface area contributed by atoms with Crippen LogP contribution in [0.5, 0.6) is 0 Å². The predicted octanol–water partition coefficient (Wildman–Crippen LogP) is 1.18. The maximum atomic E-state index is 12.3. The van der Waals surface area contributed by atoms with Crippen molar-refractivity contribution in [3.63, 3.8) is 0 Å². The number of nitrogens with zero attached hydrogens (tertiary/aromatic N) is 3. The molecule has 5 nitrogen and oxygen atoms in total. The molecule has 1 amide bonds. The van der Waals surface area contributed by atoms with Gasteiger partial charge in [-0.2, -0.15) is 5.10 Å². The first-order chi connectivity index (χ1) is 8.59. The summed E-state index contributed by atoms with van der Waals surface area (Å²) in [6.45, 7) is 0. The normalized spacial score (nSPS) is 16.6. The van der Waals surface area contributed by atoms with E-state index in [1.807, 2.05) is 7.05 Å². The lowest BCUT2D eigenvalue weighted by molar-refractivity contribution is 0.0687. The Labute approximate surface area is 106 Å². The molecule has 1 aromatic heterocycles. The van der Waals surface area contributed by atoms with Crippen molar-refractivity contribution >= 4 is 5.91 Å². The quantitative estimate of drug-likeness (QED) is 0.791. The van der Waals surface area contributed by atoms with E-state index in [2.05, 4.69) is 5.10 Å². The van der Waals surface area contributed by atoms with Gasteiger partial charge in [-0.3, -0.25) is 9.59 Å². The molecule has 98 valence electrons. The van der Waals surface area contributed by atoms with Gasteiger partial charge < -0.3 is 4.90 Å². The fraction of sp³-hybridized carbons (Fsp3) is 0.615. The van der Waals surface area contributed by atoms with Gasteiger partial charge in [0.2, 0.25) is 0 Å². The zero-order valence-corrected chi connectivity index (χ0v) is 10.9. The van der Waals surface area contributed by atoms with Gasteiger partial charge in [-0.1, -0.05) is 19.3 Å². The Bertz CT molecular complexity index is 489. The number of rotatable bonds is 2. The second-order valence-corrected chi connectivity index (χ2v) is 4.89. The Kier molecular flexibility index (Phi) is 3.79. The van der Waals surface area contributed by atoms with E-state index in [4.69, 9.17) is 0 Å². The highest BCUT2D eigenvalue weighted by Gasteiger charge is 2.23. The number of hydrogen-bond acceptors (Lipinski definition) is 3. The average Bonchev–Trinajstić information content (AvgIpc) is 2.41. The highest BCUT2D eigenvalue weighted by Crippen LogP contribution is 2.22. The van der Waals surface area contributed by atoms with E-state index >= 15 is 0 Å². The minimum Gasteiger partial charge on any atom is -0.337 e. The van der Waals surface area contributed by atoms with Crippen molar-refractivity contribution < 1.29 is 4.79 Å². The van der Waals surface area contributed by atoms with Crippen LogP contribution >= 0.6 is 0 Å². The van der Waals surface area contributed by atoms with E-state index in [1.54, 1.807) is 11.9 Å². The van der Waals surface area contributed by atoms with Gasteiger partial charge in [-0.15, -0.1) is 0 Å². The first-order valence-corrected chi connectivity index (χ1v) is 6.41. The first-order valence-electron chi connectivity index (χ1n) is 6.41. The maximum absolute atomic E-state index is 12.3. The maximum Gasteiger partial charge on any atom is 0.274 e. The van der Waals surface area contributed by atoms with Gasteiger partial charge in [-0.25, -0.2) is 4.68 Å². The minimum absolute atomic E-state index is 0.0995. The summed E-state index contributed by atoms with van der Waals surface area (Å²) in [4.78, 5) is 25.3. The SMILES string of the molecule is CN(C(=O)c1ccc(=O)n(C)n1)C1CCCCC1. The molecule has 0 aliphatic heterocycles. The Morgan fingerprint density at radius 3 is 2.61 bits per heavy atom. The molecular formula is C13H19N3O2. The van der Waals surface area contributed by atoms with Crippen LogP contribution in [-0.2, 0) is 7.05 Å². The summed E-state index contributed by atoms with van der Waals surface area (Å²) < 4.78 is 1.20. The molecule has 0 saturated heterocycles. The molecule has 1 saturated carbocycles. The van der Waals surface area contributed by atoms with Gasteiger partial charge in [0.1, 0.15) is 5.69 Å². The fourth-order valence-electron chi connectivity index (χ4n) is 2.43. The van der Waals surface area contributed by atoms with Crippen LogP contribution in [0.3, 0.4) is 0 Å². The minimum atomic E-state index is -0.202. The third-order valence-electron chi connectivity index (χ3n) is 3.62. The molecule has 1 aliphatic rings. The van der Waals surface area contributed by atoms with E-state index < -0.39 is 0 Å². The molecule has 0 radical (unpaired) electrons. The molecule has 5 heteroatoms. The predicted molar refractivity (Wildman–Crippen MR) is 68.4 cm³/mol. The van der Waals surface area contributed by atoms with Crippen LogP contribution < -0.4 is 5.56 Å². The highest BCUT2D eigenvalue weighted by atomic mass is 16.2. The summed E-state index contributed by atoms with van der Waals surface area (Å²) in [6, 6.07) is 3.20. The molecule has 1 fully saturated rings. The fourth-order valence-corrected chi connectivity index (χ4v) is 2.43. The van der Waals surface area contributed by atoms with Crippen LogP contribution in [0.25, 0.3) is 0 Å². The lowest BCUT2D eigenvalue weighted by atomic mass is 9.94. The lowest BCUT2D eigenvalue weighted by Gasteiger charge is -2.30. The summed E-state index contributed by atoms with van der Waals surface area (Å²) in [5, 5.41) is 4.00. The third kappa shape index (κ3) is 2.60. The van der Waals surface area contributed by atoms with E-state index in [9.17, 15) is 9.59 Å². The monoisotopic (exact) mass is 249 g/mol. The molecule has 0 aromatic carbocycles. The van der Waals surface area contributed by atoms with Gasteiger partial charge in [-0.05, 0) is 18.9 Å². The standard InChI is InChI=1S/C13H19N3O2/c1-15(10-6-4-3-5-7-10)13(18)11-8-9-12(17)16(2)14-11/h8-10H,3-7H2,1-2H3. The number of aryl methyl sites for hydroxylation is 1. The van der Waals surface area contributed by atoms with E-state index in [0.29, 0.717) is 11.7 Å². The second-order valence-electron chi connectivity index (χ2n) is 4.89. The van der Waals surface area contributed by atoms with Gasteiger partial charge in [0.15, 0.2) is 0 Å². The summed E-state index contributed by atoms with van der Waals surface area (Å²) in [5.41, 5.74) is 0.136. The molecule has 18 heavy (non-hydrogen) atoms. The van der Waals surface area contributed by atoms with Crippen molar-refractivity contribution in [2.75, 3.05) is 7.05 Å². The molecular weight excluding hydrogens is 230 g/mol. The summed E-state index contributed by atoms with van der Waals surface area (Å²) in [7, 11) is 3.38. The van der Waals surface area contributed by atoms with Crippen LogP contribution in [0.1, 0.15) is 42.6 Å². The van der Waals surface area contributed by atoms with E-state index in [-0.39, 0.29) is 11.5 Å². The van der Waals surface area contributed by atoms with E-state index in [0.717, 1.165) is 12.8 Å². The van der Waals surface area contributed by atoms with Gasteiger partial charge >= 0.3 is 0 Å². The number of hydrogen-bond donors (Lipinski definition) is 0. The molecule has 1 aliphatic carbocycles. The lowest BCUT2D eigenvalue weighted by Crippen LogP contribution is -2.39. The molecule has 0 spiro atoms.